The van der Waals surface area contributed by atoms with Crippen LogP contribution in [-0.2, 0) is 6.42 Å². The van der Waals surface area contributed by atoms with Crippen molar-refractivity contribution in [1.29, 1.82) is 0 Å². The molecule has 0 saturated carbocycles. The molecule has 0 amide bonds. The van der Waals surface area contributed by atoms with Gasteiger partial charge >= 0.3 is 0 Å². The van der Waals surface area contributed by atoms with Crippen molar-refractivity contribution in [2.45, 2.75) is 6.42 Å². The normalized spacial score (nSPS) is 10.4. The van der Waals surface area contributed by atoms with Gasteiger partial charge in [-0.15, -0.1) is 0 Å². The average molecular weight is 297 g/mol. The molecule has 2 nitrogen and oxygen atoms in total. The number of Topliss-reactive ketones (excluding diaryl/α,β-unsaturated/α-hetero) is 1. The Morgan fingerprint density at radius 3 is 2.65 bits per heavy atom. The Labute approximate surface area is 119 Å². The lowest BCUT2D eigenvalue weighted by Crippen LogP contribution is -2.08. The maximum atomic E-state index is 13.5. The molecule has 0 aliphatic heterocycles. The van der Waals surface area contributed by atoms with Gasteiger partial charge < -0.3 is 4.74 Å². The summed E-state index contributed by atoms with van der Waals surface area (Å²) in [7, 11) is 1.46. The number of benzene rings is 2. The molecule has 0 aliphatic rings. The van der Waals surface area contributed by atoms with Crippen molar-refractivity contribution < 1.29 is 18.3 Å². The number of methoxy groups -OCH3 is 1. The highest BCUT2D eigenvalue weighted by Gasteiger charge is 2.16. The standard InChI is InChI=1S/C15H11ClF2O2/c1-20-15-5-2-10(16)6-9(15)7-14(19)12-8-11(17)3-4-13(12)18/h2-6,8H,7H2,1H3. The first kappa shape index (κ1) is 14.5. The lowest BCUT2D eigenvalue weighted by Gasteiger charge is -2.09. The van der Waals surface area contributed by atoms with Crippen LogP contribution >= 0.6 is 11.6 Å². The van der Waals surface area contributed by atoms with Crippen LogP contribution in [0.2, 0.25) is 5.02 Å². The Morgan fingerprint density at radius 2 is 1.95 bits per heavy atom. The molecule has 0 fully saturated rings. The van der Waals surface area contributed by atoms with E-state index in [1.54, 1.807) is 18.2 Å². The fourth-order valence-corrected chi connectivity index (χ4v) is 2.06. The fourth-order valence-electron chi connectivity index (χ4n) is 1.86. The zero-order valence-corrected chi connectivity index (χ0v) is 11.4. The number of halogens is 3. The van der Waals surface area contributed by atoms with Gasteiger partial charge in [0.15, 0.2) is 5.78 Å². The summed E-state index contributed by atoms with van der Waals surface area (Å²) in [6, 6.07) is 7.58. The van der Waals surface area contributed by atoms with E-state index in [4.69, 9.17) is 16.3 Å². The number of hydrogen-bond donors (Lipinski definition) is 0. The first-order valence-electron chi connectivity index (χ1n) is 5.82. The summed E-state index contributed by atoms with van der Waals surface area (Å²) >= 11 is 5.86. The van der Waals surface area contributed by atoms with Gasteiger partial charge in [0.1, 0.15) is 17.4 Å². The number of ether oxygens (including phenoxy) is 1. The second-order valence-corrected chi connectivity index (χ2v) is 4.62. The minimum Gasteiger partial charge on any atom is -0.496 e. The summed E-state index contributed by atoms with van der Waals surface area (Å²) in [6.07, 6.45) is -0.121. The molecule has 0 radical (unpaired) electrons. The molecule has 0 saturated heterocycles. The van der Waals surface area contributed by atoms with Gasteiger partial charge in [-0.2, -0.15) is 0 Å². The highest BCUT2D eigenvalue weighted by atomic mass is 35.5. The predicted octanol–water partition coefficient (Wildman–Crippen LogP) is 4.05. The minimum atomic E-state index is -0.752. The van der Waals surface area contributed by atoms with E-state index in [1.165, 1.54) is 7.11 Å². The summed E-state index contributed by atoms with van der Waals surface area (Å²) in [5.41, 5.74) is 0.237. The molecule has 0 spiro atoms. The van der Waals surface area contributed by atoms with E-state index in [1.807, 2.05) is 0 Å². The second-order valence-electron chi connectivity index (χ2n) is 4.18. The van der Waals surface area contributed by atoms with Gasteiger partial charge in [0.2, 0.25) is 0 Å². The summed E-state index contributed by atoms with van der Waals surface area (Å²) in [6.45, 7) is 0. The van der Waals surface area contributed by atoms with Crippen LogP contribution in [0.3, 0.4) is 0 Å². The summed E-state index contributed by atoms with van der Waals surface area (Å²) < 4.78 is 31.7. The molecule has 5 heteroatoms. The monoisotopic (exact) mass is 296 g/mol. The Kier molecular flexibility index (Phi) is 4.35. The molecule has 20 heavy (non-hydrogen) atoms. The van der Waals surface area contributed by atoms with E-state index in [0.717, 1.165) is 18.2 Å². The molecule has 2 aromatic carbocycles. The third kappa shape index (κ3) is 3.14. The van der Waals surface area contributed by atoms with Crippen molar-refractivity contribution in [3.8, 4) is 5.75 Å². The van der Waals surface area contributed by atoms with Crippen molar-refractivity contribution in [1.82, 2.24) is 0 Å². The number of ketones is 1. The lowest BCUT2D eigenvalue weighted by molar-refractivity contribution is 0.0987. The highest BCUT2D eigenvalue weighted by Crippen LogP contribution is 2.24. The summed E-state index contributed by atoms with van der Waals surface area (Å²) in [5, 5.41) is 0.438. The third-order valence-corrected chi connectivity index (χ3v) is 3.06. The van der Waals surface area contributed by atoms with E-state index in [9.17, 15) is 13.6 Å². The van der Waals surface area contributed by atoms with Crippen LogP contribution < -0.4 is 4.74 Å². The highest BCUT2D eigenvalue weighted by molar-refractivity contribution is 6.30. The zero-order chi connectivity index (χ0) is 14.7. The maximum absolute atomic E-state index is 13.5. The molecule has 2 rings (SSSR count). The van der Waals surface area contributed by atoms with Crippen molar-refractivity contribution >= 4 is 17.4 Å². The van der Waals surface area contributed by atoms with Crippen LogP contribution in [0.1, 0.15) is 15.9 Å². The Balaban J connectivity index is 2.32. The molecule has 0 aliphatic carbocycles. The molecule has 0 aromatic heterocycles. The number of hydrogen-bond acceptors (Lipinski definition) is 2. The first-order valence-corrected chi connectivity index (χ1v) is 6.19. The van der Waals surface area contributed by atoms with Crippen molar-refractivity contribution in [2.75, 3.05) is 7.11 Å². The molecule has 0 atom stereocenters. The van der Waals surface area contributed by atoms with Gasteiger partial charge in [0, 0.05) is 17.0 Å². The second kappa shape index (κ2) is 6.01. The van der Waals surface area contributed by atoms with E-state index < -0.39 is 17.4 Å². The predicted molar refractivity (Wildman–Crippen MR) is 72.4 cm³/mol. The molecular weight excluding hydrogens is 286 g/mol. The lowest BCUT2D eigenvalue weighted by atomic mass is 10.0. The molecular formula is C15H11ClF2O2. The number of carbonyl (C=O) groups excluding carboxylic acids is 1. The van der Waals surface area contributed by atoms with Crippen LogP contribution in [0.4, 0.5) is 8.78 Å². The van der Waals surface area contributed by atoms with E-state index >= 15 is 0 Å². The van der Waals surface area contributed by atoms with Crippen molar-refractivity contribution in [3.63, 3.8) is 0 Å². The Morgan fingerprint density at radius 1 is 1.20 bits per heavy atom. The topological polar surface area (TPSA) is 26.3 Å². The SMILES string of the molecule is COc1ccc(Cl)cc1CC(=O)c1cc(F)ccc1F. The van der Waals surface area contributed by atoms with Crippen LogP contribution in [-0.4, -0.2) is 12.9 Å². The molecule has 0 unspecified atom stereocenters. The molecule has 0 N–H and O–H groups in total. The smallest absolute Gasteiger partial charge is 0.170 e. The third-order valence-electron chi connectivity index (χ3n) is 2.82. The summed E-state index contributed by atoms with van der Waals surface area (Å²) in [5.74, 6) is -1.48. The van der Waals surface area contributed by atoms with Crippen LogP contribution in [0.5, 0.6) is 5.75 Å². The average Bonchev–Trinajstić information content (AvgIpc) is 2.41. The van der Waals surface area contributed by atoms with E-state index in [-0.39, 0.29) is 12.0 Å². The van der Waals surface area contributed by atoms with Gasteiger partial charge in [-0.3, -0.25) is 4.79 Å². The molecule has 104 valence electrons. The Bertz CT molecular complexity index is 656. The van der Waals surface area contributed by atoms with E-state index in [2.05, 4.69) is 0 Å². The maximum Gasteiger partial charge on any atom is 0.170 e. The van der Waals surface area contributed by atoms with Crippen LogP contribution in [0.25, 0.3) is 0 Å². The van der Waals surface area contributed by atoms with Gasteiger partial charge in [0.05, 0.1) is 12.7 Å². The molecule has 2 aromatic rings. The van der Waals surface area contributed by atoms with Crippen LogP contribution in [0.15, 0.2) is 36.4 Å². The van der Waals surface area contributed by atoms with Gasteiger partial charge in [-0.1, -0.05) is 11.6 Å². The first-order chi connectivity index (χ1) is 9.51. The fraction of sp³-hybridized carbons (Fsp3) is 0.133. The number of carbonyl (C=O) groups is 1. The summed E-state index contributed by atoms with van der Waals surface area (Å²) in [4.78, 5) is 12.1. The molecule has 0 heterocycles. The minimum absolute atomic E-state index is 0.121. The van der Waals surface area contributed by atoms with Gasteiger partial charge in [-0.25, -0.2) is 8.78 Å². The van der Waals surface area contributed by atoms with Crippen LogP contribution in [0, 0.1) is 11.6 Å². The quantitative estimate of drug-likeness (QED) is 0.796. The van der Waals surface area contributed by atoms with E-state index in [0.29, 0.717) is 16.3 Å². The van der Waals surface area contributed by atoms with Crippen molar-refractivity contribution in [2.24, 2.45) is 0 Å². The largest absolute Gasteiger partial charge is 0.496 e. The number of rotatable bonds is 4. The van der Waals surface area contributed by atoms with Gasteiger partial charge in [-0.05, 0) is 36.4 Å². The zero-order valence-electron chi connectivity index (χ0n) is 10.6. The van der Waals surface area contributed by atoms with Crippen molar-refractivity contribution in [3.05, 3.63) is 64.2 Å². The molecule has 0 bridgehead atoms. The van der Waals surface area contributed by atoms with Gasteiger partial charge in [0.25, 0.3) is 0 Å². The Hall–Kier alpha value is -1.94.